The van der Waals surface area contributed by atoms with Crippen LogP contribution in [0.5, 0.6) is 0 Å². The van der Waals surface area contributed by atoms with Crippen LogP contribution < -0.4 is 5.32 Å². The third-order valence-corrected chi connectivity index (χ3v) is 8.10. The van der Waals surface area contributed by atoms with Crippen molar-refractivity contribution in [2.24, 2.45) is 17.8 Å². The van der Waals surface area contributed by atoms with Gasteiger partial charge in [-0.25, -0.2) is 4.98 Å². The first-order valence-electron chi connectivity index (χ1n) is 10.4. The minimum atomic E-state index is -0.490. The molecule has 0 aliphatic heterocycles. The lowest BCUT2D eigenvalue weighted by molar-refractivity contribution is -0.136. The fourth-order valence-electron chi connectivity index (χ4n) is 5.87. The van der Waals surface area contributed by atoms with Crippen molar-refractivity contribution < 1.29 is 9.90 Å². The van der Waals surface area contributed by atoms with Crippen molar-refractivity contribution in [3.05, 3.63) is 58.7 Å². The van der Waals surface area contributed by atoms with Gasteiger partial charge in [-0.15, -0.1) is 11.8 Å². The Bertz CT molecular complexity index is 906. The second-order valence-corrected chi connectivity index (χ2v) is 10.3. The summed E-state index contributed by atoms with van der Waals surface area (Å²) in [6.07, 6.45) is 4.83. The van der Waals surface area contributed by atoms with Gasteiger partial charge >= 0.3 is 0 Å². The number of nitrogens with zero attached hydrogens (tertiary/aromatic N) is 1. The number of nitrogens with one attached hydrogen (secondary N) is 1. The minimum Gasteiger partial charge on any atom is -0.390 e. The molecular formula is C23H25ClN2O2S. The molecule has 4 aliphatic rings. The van der Waals surface area contributed by atoms with Gasteiger partial charge in [0.15, 0.2) is 0 Å². The molecule has 6 rings (SSSR count). The molecule has 0 saturated heterocycles. The zero-order valence-corrected chi connectivity index (χ0v) is 17.8. The third kappa shape index (κ3) is 3.92. The molecule has 0 radical (unpaired) electrons. The van der Waals surface area contributed by atoms with Crippen molar-refractivity contribution in [1.82, 2.24) is 10.3 Å². The number of pyridine rings is 1. The van der Waals surface area contributed by atoms with Crippen LogP contribution >= 0.6 is 23.4 Å². The van der Waals surface area contributed by atoms with E-state index in [4.69, 9.17) is 11.6 Å². The van der Waals surface area contributed by atoms with Gasteiger partial charge in [-0.1, -0.05) is 41.9 Å². The van der Waals surface area contributed by atoms with E-state index in [1.165, 1.54) is 17.3 Å². The van der Waals surface area contributed by atoms with Gasteiger partial charge in [0, 0.05) is 11.8 Å². The number of aliphatic hydroxyl groups is 1. The van der Waals surface area contributed by atoms with Crippen LogP contribution in [0.25, 0.3) is 0 Å². The van der Waals surface area contributed by atoms with Crippen molar-refractivity contribution in [2.75, 3.05) is 0 Å². The molecule has 2 unspecified atom stereocenters. The smallest absolute Gasteiger partial charge is 0.254 e. The molecule has 0 spiro atoms. The maximum Gasteiger partial charge on any atom is 0.254 e. The first kappa shape index (κ1) is 19.4. The van der Waals surface area contributed by atoms with Crippen LogP contribution in [0.3, 0.4) is 0 Å². The number of rotatable bonds is 5. The van der Waals surface area contributed by atoms with Crippen molar-refractivity contribution >= 4 is 29.3 Å². The van der Waals surface area contributed by atoms with Gasteiger partial charge in [0.1, 0.15) is 10.2 Å². The standard InChI is InChI=1S/C23H25ClN2O2S/c24-19-7-6-18(22(25-19)29-13-14-4-2-1-3-5-14)21(27)26-20-16-8-15-9-17(20)12-23(28,10-15)11-16/h1-7,15-17,20,28H,8-13H2,(H,26,27)/t15?,16?,17?,20-,23+. The maximum atomic E-state index is 13.2. The molecule has 4 bridgehead atoms. The highest BCUT2D eigenvalue weighted by molar-refractivity contribution is 7.98. The number of thioether (sulfide) groups is 1. The molecule has 2 aromatic rings. The summed E-state index contributed by atoms with van der Waals surface area (Å²) in [5.74, 6) is 2.05. The summed E-state index contributed by atoms with van der Waals surface area (Å²) in [4.78, 5) is 17.6. The molecule has 152 valence electrons. The van der Waals surface area contributed by atoms with Gasteiger partial charge in [-0.3, -0.25) is 4.79 Å². The van der Waals surface area contributed by atoms with E-state index in [1.807, 2.05) is 18.2 Å². The molecular weight excluding hydrogens is 404 g/mol. The van der Waals surface area contributed by atoms with Crippen molar-refractivity contribution in [1.29, 1.82) is 0 Å². The summed E-state index contributed by atoms with van der Waals surface area (Å²) in [5.41, 5.74) is 1.28. The monoisotopic (exact) mass is 428 g/mol. The Balaban J connectivity index is 1.32. The lowest BCUT2D eigenvalue weighted by atomic mass is 9.52. The van der Waals surface area contributed by atoms with Crippen molar-refractivity contribution in [3.8, 4) is 0 Å². The first-order valence-corrected chi connectivity index (χ1v) is 11.7. The predicted octanol–water partition coefficient (Wildman–Crippen LogP) is 4.70. The average molecular weight is 429 g/mol. The van der Waals surface area contributed by atoms with Gasteiger partial charge in [-0.05, 0) is 67.6 Å². The number of benzene rings is 1. The van der Waals surface area contributed by atoms with Crippen LogP contribution in [-0.4, -0.2) is 27.6 Å². The van der Waals surface area contributed by atoms with Crippen LogP contribution in [0, 0.1) is 17.8 Å². The van der Waals surface area contributed by atoms with Gasteiger partial charge < -0.3 is 10.4 Å². The van der Waals surface area contributed by atoms with Crippen molar-refractivity contribution in [2.45, 2.75) is 54.5 Å². The fraction of sp³-hybridized carbons (Fsp3) is 0.478. The molecule has 4 aliphatic carbocycles. The highest BCUT2D eigenvalue weighted by Crippen LogP contribution is 2.55. The highest BCUT2D eigenvalue weighted by Gasteiger charge is 2.55. The zero-order chi connectivity index (χ0) is 20.0. The molecule has 4 saturated carbocycles. The number of amides is 1. The quantitative estimate of drug-likeness (QED) is 0.535. The summed E-state index contributed by atoms with van der Waals surface area (Å²) < 4.78 is 0. The predicted molar refractivity (Wildman–Crippen MR) is 115 cm³/mol. The van der Waals surface area contributed by atoms with Gasteiger partial charge in [0.05, 0.1) is 11.2 Å². The summed E-state index contributed by atoms with van der Waals surface area (Å²) >= 11 is 7.66. The molecule has 1 amide bonds. The van der Waals surface area contributed by atoms with E-state index in [9.17, 15) is 9.90 Å². The van der Waals surface area contributed by atoms with E-state index in [0.29, 0.717) is 33.5 Å². The Morgan fingerprint density at radius 2 is 1.86 bits per heavy atom. The topological polar surface area (TPSA) is 62.2 Å². The van der Waals surface area contributed by atoms with E-state index in [-0.39, 0.29) is 11.9 Å². The highest BCUT2D eigenvalue weighted by atomic mass is 35.5. The van der Waals surface area contributed by atoms with E-state index in [2.05, 4.69) is 22.4 Å². The number of carbonyl (C=O) groups is 1. The molecule has 2 atom stereocenters. The maximum absolute atomic E-state index is 13.2. The van der Waals surface area contributed by atoms with E-state index < -0.39 is 5.60 Å². The molecule has 2 N–H and O–H groups in total. The Morgan fingerprint density at radius 3 is 2.55 bits per heavy atom. The third-order valence-electron chi connectivity index (χ3n) is 6.83. The largest absolute Gasteiger partial charge is 0.390 e. The molecule has 1 aromatic carbocycles. The first-order chi connectivity index (χ1) is 14.0. The van der Waals surface area contributed by atoms with Crippen LogP contribution in [0.2, 0.25) is 5.15 Å². The van der Waals surface area contributed by atoms with E-state index in [0.717, 1.165) is 37.9 Å². The van der Waals surface area contributed by atoms with E-state index in [1.54, 1.807) is 12.1 Å². The fourth-order valence-corrected chi connectivity index (χ4v) is 7.05. The van der Waals surface area contributed by atoms with Crippen LogP contribution in [0.1, 0.15) is 48.0 Å². The minimum absolute atomic E-state index is 0.0748. The number of halogens is 1. The molecule has 29 heavy (non-hydrogen) atoms. The Hall–Kier alpha value is -1.56. The molecule has 6 heteroatoms. The summed E-state index contributed by atoms with van der Waals surface area (Å²) in [6.45, 7) is 0. The summed E-state index contributed by atoms with van der Waals surface area (Å²) in [7, 11) is 0. The SMILES string of the molecule is O=C(N[C@H]1C2CC3CC1C[C@@](O)(C3)C2)c1ccc(Cl)nc1SCc1ccccc1. The average Bonchev–Trinajstić information content (AvgIpc) is 2.68. The number of carbonyl (C=O) groups excluding carboxylic acids is 1. The Labute approximate surface area is 180 Å². The number of hydrogen-bond donors (Lipinski definition) is 2. The van der Waals surface area contributed by atoms with Crippen LogP contribution in [0.4, 0.5) is 0 Å². The van der Waals surface area contributed by atoms with Gasteiger partial charge in [0.25, 0.3) is 5.91 Å². The van der Waals surface area contributed by atoms with Crippen LogP contribution in [-0.2, 0) is 5.75 Å². The van der Waals surface area contributed by atoms with Gasteiger partial charge in [-0.2, -0.15) is 0 Å². The molecule has 1 aromatic heterocycles. The normalized spacial score (nSPS) is 32.3. The lowest BCUT2D eigenvalue weighted by Crippen LogP contribution is -2.61. The second kappa shape index (κ2) is 7.60. The van der Waals surface area contributed by atoms with E-state index >= 15 is 0 Å². The summed E-state index contributed by atoms with van der Waals surface area (Å²) in [5, 5.41) is 15.2. The second-order valence-electron chi connectivity index (χ2n) is 8.95. The number of aromatic nitrogens is 1. The molecule has 4 nitrogen and oxygen atoms in total. The zero-order valence-electron chi connectivity index (χ0n) is 16.2. The summed E-state index contributed by atoms with van der Waals surface area (Å²) in [6, 6.07) is 13.8. The molecule has 4 fully saturated rings. The van der Waals surface area contributed by atoms with Gasteiger partial charge in [0.2, 0.25) is 0 Å². The number of hydrogen-bond acceptors (Lipinski definition) is 4. The van der Waals surface area contributed by atoms with Crippen LogP contribution in [0.15, 0.2) is 47.5 Å². The Morgan fingerprint density at radius 1 is 1.14 bits per heavy atom. The molecule has 1 heterocycles. The lowest BCUT2D eigenvalue weighted by Gasteiger charge is -2.58. The van der Waals surface area contributed by atoms with Crippen molar-refractivity contribution in [3.63, 3.8) is 0 Å². The Kier molecular flexibility index (Phi) is 5.09.